The fourth-order valence-corrected chi connectivity index (χ4v) is 2.31. The van der Waals surface area contributed by atoms with E-state index in [2.05, 4.69) is 15.3 Å². The van der Waals surface area contributed by atoms with E-state index in [9.17, 15) is 4.79 Å². The van der Waals surface area contributed by atoms with Crippen LogP contribution in [0, 0.1) is 6.92 Å². The number of hydrogen-bond donors (Lipinski definition) is 1. The first-order chi connectivity index (χ1) is 10.5. The Balaban J connectivity index is 2.08. The predicted octanol–water partition coefficient (Wildman–Crippen LogP) is 2.21. The van der Waals surface area contributed by atoms with Crippen LogP contribution in [0.25, 0.3) is 0 Å². The second kappa shape index (κ2) is 7.02. The van der Waals surface area contributed by atoms with Crippen LogP contribution in [0.3, 0.4) is 0 Å². The van der Waals surface area contributed by atoms with Crippen molar-refractivity contribution in [2.24, 2.45) is 0 Å². The van der Waals surface area contributed by atoms with Crippen molar-refractivity contribution in [1.29, 1.82) is 0 Å². The zero-order chi connectivity index (χ0) is 16.1. The van der Waals surface area contributed by atoms with E-state index in [1.807, 2.05) is 45.0 Å². The molecule has 0 saturated carbocycles. The van der Waals surface area contributed by atoms with E-state index in [4.69, 9.17) is 0 Å². The number of carbonyl (C=O) groups is 1. The monoisotopic (exact) mass is 298 g/mol. The summed E-state index contributed by atoms with van der Waals surface area (Å²) in [5.74, 6) is 0.555. The van der Waals surface area contributed by atoms with Crippen molar-refractivity contribution in [3.05, 3.63) is 53.5 Å². The smallest absolute Gasteiger partial charge is 0.255 e. The minimum atomic E-state index is -0.113. The molecule has 1 atom stereocenters. The van der Waals surface area contributed by atoms with Crippen LogP contribution in [-0.4, -0.2) is 36.0 Å². The second-order valence-electron chi connectivity index (χ2n) is 5.61. The Bertz CT molecular complexity index is 655. The Morgan fingerprint density at radius 3 is 2.59 bits per heavy atom. The van der Waals surface area contributed by atoms with E-state index in [-0.39, 0.29) is 11.9 Å². The summed E-state index contributed by atoms with van der Waals surface area (Å²) in [6.45, 7) is 4.01. The SMILES string of the molecule is Cc1cccnc1CC(C)NC(=O)c1cccnc1N(C)C. The molecule has 0 spiro atoms. The molecule has 5 heteroatoms. The van der Waals surface area contributed by atoms with E-state index in [0.717, 1.165) is 11.3 Å². The molecule has 0 bridgehead atoms. The van der Waals surface area contributed by atoms with Gasteiger partial charge in [-0.1, -0.05) is 6.07 Å². The summed E-state index contributed by atoms with van der Waals surface area (Å²) in [7, 11) is 3.75. The van der Waals surface area contributed by atoms with Gasteiger partial charge in [-0.15, -0.1) is 0 Å². The first-order valence-corrected chi connectivity index (χ1v) is 7.32. The third-order valence-electron chi connectivity index (χ3n) is 3.45. The number of aromatic nitrogens is 2. The van der Waals surface area contributed by atoms with Gasteiger partial charge < -0.3 is 10.2 Å². The summed E-state index contributed by atoms with van der Waals surface area (Å²) in [5.41, 5.74) is 2.73. The van der Waals surface area contributed by atoms with E-state index in [1.165, 1.54) is 0 Å². The maximum atomic E-state index is 12.5. The number of carbonyl (C=O) groups excluding carboxylic acids is 1. The van der Waals surface area contributed by atoms with Gasteiger partial charge in [0.1, 0.15) is 5.82 Å². The molecule has 0 fully saturated rings. The van der Waals surface area contributed by atoms with Crippen LogP contribution in [0.4, 0.5) is 5.82 Å². The molecule has 5 nitrogen and oxygen atoms in total. The summed E-state index contributed by atoms with van der Waals surface area (Å²) in [6.07, 6.45) is 4.17. The molecule has 2 heterocycles. The first-order valence-electron chi connectivity index (χ1n) is 7.32. The number of aryl methyl sites for hydroxylation is 1. The van der Waals surface area contributed by atoms with Crippen LogP contribution in [0.1, 0.15) is 28.5 Å². The molecule has 0 aromatic carbocycles. The van der Waals surface area contributed by atoms with E-state index in [1.54, 1.807) is 24.5 Å². The van der Waals surface area contributed by atoms with Crippen molar-refractivity contribution in [3.8, 4) is 0 Å². The number of anilines is 1. The Morgan fingerprint density at radius 1 is 1.23 bits per heavy atom. The summed E-state index contributed by atoms with van der Waals surface area (Å²) < 4.78 is 0. The molecule has 2 aromatic heterocycles. The van der Waals surface area contributed by atoms with Gasteiger partial charge in [-0.05, 0) is 37.6 Å². The van der Waals surface area contributed by atoms with Gasteiger partial charge in [-0.25, -0.2) is 4.98 Å². The van der Waals surface area contributed by atoms with Gasteiger partial charge >= 0.3 is 0 Å². The molecule has 0 aliphatic rings. The van der Waals surface area contributed by atoms with Gasteiger partial charge in [0.15, 0.2) is 0 Å². The van der Waals surface area contributed by atoms with Crippen molar-refractivity contribution in [2.45, 2.75) is 26.3 Å². The van der Waals surface area contributed by atoms with E-state index in [0.29, 0.717) is 17.8 Å². The lowest BCUT2D eigenvalue weighted by atomic mass is 10.1. The molecular weight excluding hydrogens is 276 g/mol. The Hall–Kier alpha value is -2.43. The molecule has 1 unspecified atom stereocenters. The Labute approximate surface area is 131 Å². The highest BCUT2D eigenvalue weighted by atomic mass is 16.1. The highest BCUT2D eigenvalue weighted by Crippen LogP contribution is 2.14. The number of nitrogens with zero attached hydrogens (tertiary/aromatic N) is 3. The van der Waals surface area contributed by atoms with E-state index >= 15 is 0 Å². The van der Waals surface area contributed by atoms with Crippen LogP contribution < -0.4 is 10.2 Å². The largest absolute Gasteiger partial charge is 0.362 e. The van der Waals surface area contributed by atoms with Gasteiger partial charge in [0.25, 0.3) is 5.91 Å². The van der Waals surface area contributed by atoms with E-state index < -0.39 is 0 Å². The minimum Gasteiger partial charge on any atom is -0.362 e. The average molecular weight is 298 g/mol. The lowest BCUT2D eigenvalue weighted by Crippen LogP contribution is -2.35. The molecular formula is C17H22N4O. The highest BCUT2D eigenvalue weighted by Gasteiger charge is 2.16. The molecule has 22 heavy (non-hydrogen) atoms. The Kier molecular flexibility index (Phi) is 5.09. The third kappa shape index (κ3) is 3.81. The van der Waals surface area contributed by atoms with Crippen LogP contribution >= 0.6 is 0 Å². The third-order valence-corrected chi connectivity index (χ3v) is 3.45. The molecule has 0 radical (unpaired) electrons. The first kappa shape index (κ1) is 15.9. The van der Waals surface area contributed by atoms with Gasteiger partial charge in [0.2, 0.25) is 0 Å². The summed E-state index contributed by atoms with van der Waals surface area (Å²) in [4.78, 5) is 22.9. The molecule has 116 valence electrons. The van der Waals surface area contributed by atoms with Crippen LogP contribution in [0.5, 0.6) is 0 Å². The molecule has 1 amide bonds. The zero-order valence-electron chi connectivity index (χ0n) is 13.5. The van der Waals surface area contributed by atoms with Gasteiger partial charge in [-0.3, -0.25) is 9.78 Å². The van der Waals surface area contributed by atoms with Gasteiger partial charge in [0, 0.05) is 44.6 Å². The van der Waals surface area contributed by atoms with Crippen LogP contribution in [-0.2, 0) is 6.42 Å². The number of hydrogen-bond acceptors (Lipinski definition) is 4. The summed E-state index contributed by atoms with van der Waals surface area (Å²) >= 11 is 0. The maximum Gasteiger partial charge on any atom is 0.255 e. The molecule has 0 aliphatic heterocycles. The normalized spacial score (nSPS) is 11.8. The number of nitrogens with one attached hydrogen (secondary N) is 1. The van der Waals surface area contributed by atoms with Crippen LogP contribution in [0.15, 0.2) is 36.7 Å². The summed E-state index contributed by atoms with van der Waals surface area (Å²) in [5, 5.41) is 3.02. The number of pyridine rings is 2. The van der Waals surface area contributed by atoms with Gasteiger partial charge in [0.05, 0.1) is 5.56 Å². The van der Waals surface area contributed by atoms with Crippen molar-refractivity contribution in [3.63, 3.8) is 0 Å². The lowest BCUT2D eigenvalue weighted by molar-refractivity contribution is 0.0940. The zero-order valence-corrected chi connectivity index (χ0v) is 13.5. The van der Waals surface area contributed by atoms with Crippen molar-refractivity contribution in [2.75, 3.05) is 19.0 Å². The second-order valence-corrected chi connectivity index (χ2v) is 5.61. The quantitative estimate of drug-likeness (QED) is 0.919. The van der Waals surface area contributed by atoms with Crippen molar-refractivity contribution in [1.82, 2.24) is 15.3 Å². The fraction of sp³-hybridized carbons (Fsp3) is 0.353. The minimum absolute atomic E-state index is 0.00341. The molecule has 2 aromatic rings. The predicted molar refractivity (Wildman–Crippen MR) is 88.2 cm³/mol. The average Bonchev–Trinajstić information content (AvgIpc) is 2.49. The standard InChI is InChI=1S/C17H22N4O/c1-12-7-5-9-18-15(12)11-13(2)20-17(22)14-8-6-10-19-16(14)21(3)4/h5-10,13H,11H2,1-4H3,(H,20,22). The molecule has 0 aliphatic carbocycles. The van der Waals surface area contributed by atoms with Crippen LogP contribution in [0.2, 0.25) is 0 Å². The molecule has 0 saturated heterocycles. The van der Waals surface area contributed by atoms with Crippen molar-refractivity contribution >= 4 is 11.7 Å². The Morgan fingerprint density at radius 2 is 1.91 bits per heavy atom. The summed E-state index contributed by atoms with van der Waals surface area (Å²) in [6, 6.07) is 7.51. The fourth-order valence-electron chi connectivity index (χ4n) is 2.31. The lowest BCUT2D eigenvalue weighted by Gasteiger charge is -2.18. The topological polar surface area (TPSA) is 58.1 Å². The highest BCUT2D eigenvalue weighted by molar-refractivity contribution is 5.98. The van der Waals surface area contributed by atoms with Gasteiger partial charge in [-0.2, -0.15) is 0 Å². The molecule has 2 rings (SSSR count). The number of amides is 1. The molecule has 1 N–H and O–H groups in total. The van der Waals surface area contributed by atoms with Crippen molar-refractivity contribution < 1.29 is 4.79 Å². The maximum absolute atomic E-state index is 12.5. The number of rotatable bonds is 5.